The van der Waals surface area contributed by atoms with Crippen LogP contribution in [0.1, 0.15) is 5.69 Å². The number of alkyl halides is 1. The van der Waals surface area contributed by atoms with Gasteiger partial charge in [0.2, 0.25) is 5.91 Å². The van der Waals surface area contributed by atoms with Crippen LogP contribution >= 0.6 is 22.9 Å². The number of hydrogen-bond acceptors (Lipinski definition) is 10. The molecule has 35 heavy (non-hydrogen) atoms. The summed E-state index contributed by atoms with van der Waals surface area (Å²) in [5.74, 6) is -4.14. The summed E-state index contributed by atoms with van der Waals surface area (Å²) in [4.78, 5) is 58.1. The fourth-order valence-electron chi connectivity index (χ4n) is 2.95. The van der Waals surface area contributed by atoms with E-state index in [9.17, 15) is 32.1 Å². The van der Waals surface area contributed by atoms with Gasteiger partial charge in [-0.25, -0.2) is 4.98 Å². The summed E-state index contributed by atoms with van der Waals surface area (Å²) in [7, 11) is -3.97. The van der Waals surface area contributed by atoms with E-state index in [2.05, 4.69) is 30.9 Å². The van der Waals surface area contributed by atoms with Crippen LogP contribution in [-0.2, 0) is 34.3 Å². The Morgan fingerprint density at radius 1 is 1.26 bits per heavy atom. The summed E-state index contributed by atoms with van der Waals surface area (Å²) in [6, 6.07) is 4.45. The summed E-state index contributed by atoms with van der Waals surface area (Å²) >= 11 is 6.37. The lowest BCUT2D eigenvalue weighted by molar-refractivity contribution is -0.150. The van der Waals surface area contributed by atoms with Crippen molar-refractivity contribution < 1.29 is 37.0 Å². The van der Waals surface area contributed by atoms with E-state index in [1.807, 2.05) is 0 Å². The van der Waals surface area contributed by atoms with Gasteiger partial charge in [0.05, 0.1) is 0 Å². The van der Waals surface area contributed by atoms with Crippen molar-refractivity contribution in [1.82, 2.24) is 14.6 Å². The van der Waals surface area contributed by atoms with Gasteiger partial charge in [0.15, 0.2) is 16.9 Å². The number of β-lactam (4-membered cyclic amide) rings is 1. The predicted molar refractivity (Wildman–Crippen MR) is 124 cm³/mol. The molecule has 0 unspecified atom stereocenters. The van der Waals surface area contributed by atoms with Crippen molar-refractivity contribution in [3.63, 3.8) is 0 Å². The van der Waals surface area contributed by atoms with E-state index >= 15 is 0 Å². The van der Waals surface area contributed by atoms with Gasteiger partial charge in [-0.1, -0.05) is 23.4 Å². The van der Waals surface area contributed by atoms with E-state index in [0.717, 1.165) is 18.4 Å². The van der Waals surface area contributed by atoms with E-state index in [1.165, 1.54) is 17.5 Å². The lowest BCUT2D eigenvalue weighted by atomic mass is 9.97. The van der Waals surface area contributed by atoms with E-state index in [0.29, 0.717) is 0 Å². The first-order valence-corrected chi connectivity index (χ1v) is 12.3. The Morgan fingerprint density at radius 3 is 2.54 bits per heavy atom. The third-order valence-electron chi connectivity index (χ3n) is 4.41. The van der Waals surface area contributed by atoms with Crippen molar-refractivity contribution in [3.05, 3.63) is 41.4 Å². The molecule has 186 valence electrons. The number of halogens is 1. The largest absolute Gasteiger partial charge is 0.398 e. The van der Waals surface area contributed by atoms with Gasteiger partial charge < -0.3 is 20.8 Å². The van der Waals surface area contributed by atoms with Crippen LogP contribution in [0.2, 0.25) is 0 Å². The Morgan fingerprint density at radius 2 is 1.94 bits per heavy atom. The molecule has 3 rings (SSSR count). The van der Waals surface area contributed by atoms with Crippen molar-refractivity contribution in [2.75, 3.05) is 23.6 Å². The molecule has 0 spiro atoms. The molecule has 0 radical (unpaired) electrons. The van der Waals surface area contributed by atoms with E-state index in [1.54, 1.807) is 18.2 Å². The molecule has 1 aromatic carbocycles. The Labute approximate surface area is 207 Å². The molecular formula is C18H17ClN6O8S2. The summed E-state index contributed by atoms with van der Waals surface area (Å²) in [6.45, 7) is 0. The number of para-hydroxylation sites is 1. The number of benzene rings is 1. The third-order valence-corrected chi connectivity index (χ3v) is 6.31. The maximum absolute atomic E-state index is 12.9. The van der Waals surface area contributed by atoms with Crippen molar-refractivity contribution in [3.8, 4) is 0 Å². The minimum Gasteiger partial charge on any atom is -0.398 e. The number of carbonyl (C=O) groups is 4. The summed E-state index contributed by atoms with van der Waals surface area (Å²) in [6.07, 6.45) is 0. The number of amides is 4. The molecule has 2 aromatic rings. The number of rotatable bonds is 9. The molecule has 4 amide bonds. The highest BCUT2D eigenvalue weighted by molar-refractivity contribution is 7.84. The van der Waals surface area contributed by atoms with Gasteiger partial charge in [0, 0.05) is 11.1 Å². The maximum Gasteiger partial charge on any atom is 0.363 e. The number of anilines is 2. The average molecular weight is 545 g/mol. The van der Waals surface area contributed by atoms with Crippen LogP contribution in [0.5, 0.6) is 0 Å². The zero-order chi connectivity index (χ0) is 25.8. The fourth-order valence-corrected chi connectivity index (χ4v) is 4.58. The van der Waals surface area contributed by atoms with Crippen LogP contribution in [0, 0.1) is 0 Å². The molecule has 17 heteroatoms. The van der Waals surface area contributed by atoms with Crippen LogP contribution < -0.4 is 16.0 Å². The van der Waals surface area contributed by atoms with Crippen LogP contribution in [0.25, 0.3) is 0 Å². The first kappa shape index (κ1) is 26.0. The highest BCUT2D eigenvalue weighted by atomic mass is 35.5. The molecular weight excluding hydrogens is 528 g/mol. The second-order valence-electron chi connectivity index (χ2n) is 6.71. The quantitative estimate of drug-likeness (QED) is 0.109. The number of nitrogens with one attached hydrogen (secondary N) is 3. The molecule has 1 aromatic heterocycles. The number of nitrogens with zero attached hydrogens (tertiary/aromatic N) is 3. The van der Waals surface area contributed by atoms with Crippen molar-refractivity contribution in [2.45, 2.75) is 12.1 Å². The van der Waals surface area contributed by atoms with Gasteiger partial charge in [0.1, 0.15) is 24.7 Å². The predicted octanol–water partition coefficient (Wildman–Crippen LogP) is -0.192. The molecule has 14 nitrogen and oxygen atoms in total. The van der Waals surface area contributed by atoms with Crippen molar-refractivity contribution in [1.29, 1.82) is 0 Å². The Kier molecular flexibility index (Phi) is 8.00. The van der Waals surface area contributed by atoms with Crippen molar-refractivity contribution >= 4 is 73.4 Å². The summed E-state index contributed by atoms with van der Waals surface area (Å²) in [5, 5.41) is 12.0. The lowest BCUT2D eigenvalue weighted by Crippen LogP contribution is -2.75. The molecule has 1 saturated heterocycles. The molecule has 0 saturated carbocycles. The summed E-state index contributed by atoms with van der Waals surface area (Å²) < 4.78 is 32.7. The molecule has 1 aliphatic heterocycles. The minimum absolute atomic E-state index is 0.0496. The smallest absolute Gasteiger partial charge is 0.363 e. The van der Waals surface area contributed by atoms with Crippen LogP contribution in [0.3, 0.4) is 0 Å². The lowest BCUT2D eigenvalue weighted by Gasteiger charge is -2.42. The van der Waals surface area contributed by atoms with Gasteiger partial charge in [-0.05, 0) is 12.1 Å². The molecule has 1 fully saturated rings. The zero-order valence-corrected chi connectivity index (χ0v) is 20.1. The van der Waals surface area contributed by atoms with Crippen LogP contribution in [-0.4, -0.2) is 76.7 Å². The molecule has 0 bridgehead atoms. The number of oxime groups is 1. The zero-order valence-electron chi connectivity index (χ0n) is 17.7. The van der Waals surface area contributed by atoms with Gasteiger partial charge >= 0.3 is 10.3 Å². The average Bonchev–Trinajstić information content (AvgIpc) is 3.26. The number of carbonyl (C=O) groups excluding carboxylic acids is 4. The summed E-state index contributed by atoms with van der Waals surface area (Å²) in [5.41, 5.74) is -0.203. The monoisotopic (exact) mass is 544 g/mol. The topological polar surface area (TPSA) is 196 Å². The maximum atomic E-state index is 12.9. The van der Waals surface area contributed by atoms with Crippen LogP contribution in [0.15, 0.2) is 40.9 Å². The van der Waals surface area contributed by atoms with Crippen LogP contribution in [0.4, 0.5) is 10.8 Å². The highest BCUT2D eigenvalue weighted by Gasteiger charge is 2.58. The van der Waals surface area contributed by atoms with E-state index in [4.69, 9.17) is 11.6 Å². The van der Waals surface area contributed by atoms with Gasteiger partial charge in [0.25, 0.3) is 17.7 Å². The van der Waals surface area contributed by atoms with Gasteiger partial charge in [-0.2, -0.15) is 12.7 Å². The van der Waals surface area contributed by atoms with Gasteiger partial charge in [-0.3, -0.25) is 23.7 Å². The SMILES string of the molecule is CON=C(C(=O)N[C@@H]1C(=O)N(S(=O)(=O)O)[C@@H]1C(=O)Nc1ccccc1)c1csc(NC(=O)CCl)n1. The van der Waals surface area contributed by atoms with E-state index < -0.39 is 51.7 Å². The third kappa shape index (κ3) is 5.91. The second-order valence-corrected chi connectivity index (χ2v) is 9.12. The fraction of sp³-hybridized carbons (Fsp3) is 0.222. The van der Waals surface area contributed by atoms with Gasteiger partial charge in [-0.15, -0.1) is 22.9 Å². The van der Waals surface area contributed by atoms with Crippen molar-refractivity contribution in [2.24, 2.45) is 5.16 Å². The number of aromatic nitrogens is 1. The second kappa shape index (κ2) is 10.8. The highest BCUT2D eigenvalue weighted by Crippen LogP contribution is 2.25. The molecule has 4 N–H and O–H groups in total. The Balaban J connectivity index is 1.83. The molecule has 1 aliphatic rings. The Hall–Kier alpha value is -3.60. The van der Waals surface area contributed by atoms with E-state index in [-0.39, 0.29) is 26.7 Å². The first-order chi connectivity index (χ1) is 16.6. The molecule has 2 atom stereocenters. The molecule has 0 aliphatic carbocycles. The first-order valence-electron chi connectivity index (χ1n) is 9.47. The molecule has 2 heterocycles. The Bertz CT molecular complexity index is 1280. The standard InChI is InChI=1S/C18H17ClN6O8S2/c1-33-24-12(10-8-34-18(21-10)22-11(26)7-19)15(27)23-13-14(25(17(13)29)35(30,31)32)16(28)20-9-5-3-2-4-6-9/h2-6,8,13-14H,7H2,1H3,(H,20,28)(H,23,27)(H,21,22,26)(H,30,31,32)/t13-,14-/m0/s1. The number of thiazole rings is 1. The minimum atomic E-state index is -5.11. The number of hydrogen-bond donors (Lipinski definition) is 4. The normalized spacial score (nSPS) is 17.9.